The average molecular weight is 395 g/mol. The number of carbonyl (C=O) groups is 2. The lowest BCUT2D eigenvalue weighted by atomic mass is 9.85. The Bertz CT molecular complexity index is 882. The zero-order chi connectivity index (χ0) is 21.2. The Kier molecular flexibility index (Phi) is 5.96. The highest BCUT2D eigenvalue weighted by Crippen LogP contribution is 2.35. The third kappa shape index (κ3) is 4.97. The first-order valence-corrected chi connectivity index (χ1v) is 10.1. The molecule has 3 rings (SSSR count). The smallest absolute Gasteiger partial charge is 0.229 e. The molecule has 154 valence electrons. The second-order valence-corrected chi connectivity index (χ2v) is 8.85. The Hall–Kier alpha value is -2.82. The molecule has 1 aliphatic rings. The second-order valence-electron chi connectivity index (χ2n) is 8.85. The minimum Gasteiger partial charge on any atom is -0.491 e. The van der Waals surface area contributed by atoms with Crippen LogP contribution in [0.5, 0.6) is 5.75 Å². The van der Waals surface area contributed by atoms with Crippen LogP contribution in [-0.4, -0.2) is 24.5 Å². The molecule has 29 heavy (non-hydrogen) atoms. The van der Waals surface area contributed by atoms with Gasteiger partial charge in [0.1, 0.15) is 5.75 Å². The molecule has 0 saturated carbocycles. The van der Waals surface area contributed by atoms with E-state index in [1.807, 2.05) is 56.3 Å². The number of benzene rings is 2. The number of para-hydroxylation sites is 1. The SMILES string of the molecule is CC(C)Oc1ccc(NC(=O)C2CC(=O)N(c3ccccc3C(C)(C)C)C2)cc1. The summed E-state index contributed by atoms with van der Waals surface area (Å²) in [6.45, 7) is 10.7. The number of ether oxygens (including phenoxy) is 1. The highest BCUT2D eigenvalue weighted by atomic mass is 16.5. The van der Waals surface area contributed by atoms with Crippen LogP contribution >= 0.6 is 0 Å². The van der Waals surface area contributed by atoms with E-state index in [0.717, 1.165) is 17.0 Å². The quantitative estimate of drug-likeness (QED) is 0.795. The van der Waals surface area contributed by atoms with Crippen LogP contribution in [0.4, 0.5) is 11.4 Å². The van der Waals surface area contributed by atoms with Crippen molar-refractivity contribution in [2.24, 2.45) is 5.92 Å². The predicted octanol–water partition coefficient (Wildman–Crippen LogP) is 4.76. The number of nitrogens with zero attached hydrogens (tertiary/aromatic N) is 1. The monoisotopic (exact) mass is 394 g/mol. The zero-order valence-electron chi connectivity index (χ0n) is 17.9. The molecule has 1 N–H and O–H groups in total. The fourth-order valence-electron chi connectivity index (χ4n) is 3.59. The molecule has 0 aromatic heterocycles. The van der Waals surface area contributed by atoms with Gasteiger partial charge in [0.05, 0.1) is 12.0 Å². The number of nitrogens with one attached hydrogen (secondary N) is 1. The first-order chi connectivity index (χ1) is 13.6. The van der Waals surface area contributed by atoms with E-state index < -0.39 is 0 Å². The minimum atomic E-state index is -0.373. The molecule has 2 amide bonds. The molecule has 2 aromatic carbocycles. The van der Waals surface area contributed by atoms with Crippen LogP contribution in [-0.2, 0) is 15.0 Å². The van der Waals surface area contributed by atoms with E-state index in [-0.39, 0.29) is 35.7 Å². The lowest BCUT2D eigenvalue weighted by molar-refractivity contribution is -0.122. The van der Waals surface area contributed by atoms with Gasteiger partial charge in [0.15, 0.2) is 0 Å². The summed E-state index contributed by atoms with van der Waals surface area (Å²) in [6, 6.07) is 15.2. The molecule has 1 fully saturated rings. The highest BCUT2D eigenvalue weighted by molar-refractivity contribution is 6.04. The molecule has 0 spiro atoms. The first-order valence-electron chi connectivity index (χ1n) is 10.1. The van der Waals surface area contributed by atoms with Crippen LogP contribution in [0.2, 0.25) is 0 Å². The van der Waals surface area contributed by atoms with Crippen molar-refractivity contribution in [3.8, 4) is 5.75 Å². The Morgan fingerprint density at radius 3 is 2.38 bits per heavy atom. The molecule has 0 radical (unpaired) electrons. The van der Waals surface area contributed by atoms with Gasteiger partial charge in [-0.05, 0) is 55.2 Å². The summed E-state index contributed by atoms with van der Waals surface area (Å²) < 4.78 is 5.63. The summed E-state index contributed by atoms with van der Waals surface area (Å²) in [4.78, 5) is 27.2. The second kappa shape index (κ2) is 8.27. The van der Waals surface area contributed by atoms with Gasteiger partial charge in [-0.3, -0.25) is 9.59 Å². The first kappa shape index (κ1) is 20.9. The molecule has 2 aromatic rings. The van der Waals surface area contributed by atoms with E-state index in [2.05, 4.69) is 32.2 Å². The van der Waals surface area contributed by atoms with Crippen LogP contribution in [0.3, 0.4) is 0 Å². The van der Waals surface area contributed by atoms with Crippen LogP contribution in [0, 0.1) is 5.92 Å². The van der Waals surface area contributed by atoms with Crippen LogP contribution in [0.15, 0.2) is 48.5 Å². The Labute approximate surface area is 173 Å². The van der Waals surface area contributed by atoms with Gasteiger partial charge in [-0.2, -0.15) is 0 Å². The number of hydrogen-bond acceptors (Lipinski definition) is 3. The lowest BCUT2D eigenvalue weighted by Crippen LogP contribution is -2.30. The average Bonchev–Trinajstić information content (AvgIpc) is 3.04. The topological polar surface area (TPSA) is 58.6 Å². The Balaban J connectivity index is 1.70. The molecule has 0 bridgehead atoms. The number of carbonyl (C=O) groups excluding carboxylic acids is 2. The van der Waals surface area contributed by atoms with Gasteiger partial charge in [-0.1, -0.05) is 39.0 Å². The molecule has 1 atom stereocenters. The minimum absolute atomic E-state index is 0.0115. The molecule has 5 nitrogen and oxygen atoms in total. The molecule has 5 heteroatoms. The van der Waals surface area contributed by atoms with Crippen molar-refractivity contribution < 1.29 is 14.3 Å². The van der Waals surface area contributed by atoms with Crippen molar-refractivity contribution >= 4 is 23.2 Å². The van der Waals surface area contributed by atoms with Crippen molar-refractivity contribution in [1.82, 2.24) is 0 Å². The molecule has 1 heterocycles. The maximum Gasteiger partial charge on any atom is 0.229 e. The summed E-state index contributed by atoms with van der Waals surface area (Å²) >= 11 is 0. The van der Waals surface area contributed by atoms with Gasteiger partial charge in [0.25, 0.3) is 0 Å². The van der Waals surface area contributed by atoms with E-state index in [1.54, 1.807) is 4.90 Å². The molecule has 0 aliphatic carbocycles. The van der Waals surface area contributed by atoms with Crippen molar-refractivity contribution in [2.45, 2.75) is 52.6 Å². The van der Waals surface area contributed by atoms with Gasteiger partial charge in [-0.15, -0.1) is 0 Å². The summed E-state index contributed by atoms with van der Waals surface area (Å²) in [5.41, 5.74) is 2.62. The number of amides is 2. The molecule has 1 unspecified atom stereocenters. The number of hydrogen-bond donors (Lipinski definition) is 1. The van der Waals surface area contributed by atoms with Crippen molar-refractivity contribution in [3.05, 3.63) is 54.1 Å². The fraction of sp³-hybridized carbons (Fsp3) is 0.417. The fourth-order valence-corrected chi connectivity index (χ4v) is 3.59. The molecular formula is C24H30N2O3. The van der Waals surface area contributed by atoms with Crippen molar-refractivity contribution in [1.29, 1.82) is 0 Å². The van der Waals surface area contributed by atoms with Gasteiger partial charge in [0, 0.05) is 24.3 Å². The lowest BCUT2D eigenvalue weighted by Gasteiger charge is -2.27. The van der Waals surface area contributed by atoms with Gasteiger partial charge >= 0.3 is 0 Å². The van der Waals surface area contributed by atoms with Gasteiger partial charge < -0.3 is 15.0 Å². The summed E-state index contributed by atoms with van der Waals surface area (Å²) in [5, 5.41) is 2.93. The highest BCUT2D eigenvalue weighted by Gasteiger charge is 2.37. The normalized spacial score (nSPS) is 17.0. The molecule has 1 saturated heterocycles. The van der Waals surface area contributed by atoms with E-state index in [1.165, 1.54) is 0 Å². The predicted molar refractivity (Wildman–Crippen MR) is 116 cm³/mol. The number of anilines is 2. The summed E-state index contributed by atoms with van der Waals surface area (Å²) in [6.07, 6.45) is 0.320. The van der Waals surface area contributed by atoms with Gasteiger partial charge in [0.2, 0.25) is 11.8 Å². The Morgan fingerprint density at radius 2 is 1.76 bits per heavy atom. The van der Waals surface area contributed by atoms with Crippen LogP contribution < -0.4 is 15.0 Å². The van der Waals surface area contributed by atoms with E-state index in [4.69, 9.17) is 4.74 Å². The van der Waals surface area contributed by atoms with Gasteiger partial charge in [-0.25, -0.2) is 0 Å². The largest absolute Gasteiger partial charge is 0.491 e. The Morgan fingerprint density at radius 1 is 1.10 bits per heavy atom. The third-order valence-corrected chi connectivity index (χ3v) is 4.99. The summed E-state index contributed by atoms with van der Waals surface area (Å²) in [7, 11) is 0. The third-order valence-electron chi connectivity index (χ3n) is 4.99. The molecular weight excluding hydrogens is 364 g/mol. The zero-order valence-corrected chi connectivity index (χ0v) is 17.9. The van der Waals surface area contributed by atoms with Crippen molar-refractivity contribution in [3.63, 3.8) is 0 Å². The van der Waals surface area contributed by atoms with E-state index in [9.17, 15) is 9.59 Å². The molecule has 1 aliphatic heterocycles. The van der Waals surface area contributed by atoms with E-state index in [0.29, 0.717) is 12.2 Å². The maximum atomic E-state index is 12.8. The van der Waals surface area contributed by atoms with Crippen LogP contribution in [0.1, 0.15) is 46.6 Å². The van der Waals surface area contributed by atoms with Crippen LogP contribution in [0.25, 0.3) is 0 Å². The van der Waals surface area contributed by atoms with Crippen molar-refractivity contribution in [2.75, 3.05) is 16.8 Å². The summed E-state index contributed by atoms with van der Waals surface area (Å²) in [5.74, 6) is 0.246. The number of rotatable bonds is 5. The van der Waals surface area contributed by atoms with E-state index >= 15 is 0 Å². The maximum absolute atomic E-state index is 12.8. The standard InChI is InChI=1S/C24H30N2O3/c1-16(2)29-19-12-10-18(11-13-19)25-23(28)17-14-22(27)26(15-17)21-9-7-6-8-20(21)24(3,4)5/h6-13,16-17H,14-15H2,1-5H3,(H,25,28).